The average molecular weight is 439 g/mol. The Morgan fingerprint density at radius 1 is 1.10 bits per heavy atom. The number of hydrogen-bond acceptors (Lipinski definition) is 6. The van der Waals surface area contributed by atoms with Gasteiger partial charge in [-0.15, -0.1) is 10.2 Å². The van der Waals surface area contributed by atoms with E-state index in [0.717, 1.165) is 22.0 Å². The van der Waals surface area contributed by atoms with E-state index in [-0.39, 0.29) is 5.56 Å². The lowest BCUT2D eigenvalue weighted by molar-refractivity contribution is 0.559. The van der Waals surface area contributed by atoms with Crippen molar-refractivity contribution in [2.75, 3.05) is 0 Å². The Balaban J connectivity index is 1.64. The smallest absolute Gasteiger partial charge is 0.336 e. The molecule has 0 spiro atoms. The molecule has 7 nitrogen and oxygen atoms in total. The van der Waals surface area contributed by atoms with Gasteiger partial charge in [-0.3, -0.25) is 13.8 Å². The summed E-state index contributed by atoms with van der Waals surface area (Å²) in [6.07, 6.45) is 0. The van der Waals surface area contributed by atoms with Crippen LogP contribution in [-0.2, 0) is 12.8 Å². The van der Waals surface area contributed by atoms with Crippen molar-refractivity contribution in [3.8, 4) is 0 Å². The van der Waals surface area contributed by atoms with Crippen molar-refractivity contribution in [2.24, 2.45) is 7.05 Å². The molecule has 0 atom stereocenters. The number of benzene rings is 2. The van der Waals surface area contributed by atoms with E-state index in [2.05, 4.69) is 10.2 Å². The van der Waals surface area contributed by atoms with E-state index < -0.39 is 5.63 Å². The van der Waals surface area contributed by atoms with Crippen molar-refractivity contribution in [3.05, 3.63) is 79.4 Å². The minimum Gasteiger partial charge on any atom is -0.423 e. The highest BCUT2D eigenvalue weighted by Crippen LogP contribution is 2.30. The maximum atomic E-state index is 12.6. The summed E-state index contributed by atoms with van der Waals surface area (Å²) in [6.45, 7) is 1.86. The number of para-hydroxylation sites is 1. The average Bonchev–Trinajstić information content (AvgIpc) is 3.16. The monoisotopic (exact) mass is 438 g/mol. The Hall–Kier alpha value is -3.10. The Bertz CT molecular complexity index is 1590. The highest BCUT2D eigenvalue weighted by molar-refractivity contribution is 7.98. The molecule has 0 aliphatic rings. The van der Waals surface area contributed by atoms with Crippen LogP contribution in [0.3, 0.4) is 0 Å². The van der Waals surface area contributed by atoms with Gasteiger partial charge in [-0.05, 0) is 42.3 Å². The lowest BCUT2D eigenvalue weighted by atomic mass is 10.1. The maximum absolute atomic E-state index is 12.6. The molecular weight excluding hydrogens is 424 g/mol. The highest BCUT2D eigenvalue weighted by Gasteiger charge is 2.16. The van der Waals surface area contributed by atoms with Crippen molar-refractivity contribution >= 4 is 51.0 Å². The summed E-state index contributed by atoms with van der Waals surface area (Å²) in [6, 6.07) is 12.4. The topological polar surface area (TPSA) is 82.4 Å². The second kappa shape index (κ2) is 7.00. The van der Waals surface area contributed by atoms with E-state index in [1.54, 1.807) is 19.2 Å². The van der Waals surface area contributed by atoms with Crippen LogP contribution in [0, 0.1) is 6.92 Å². The standard InChI is InChI=1S/C21H15ClN4O3S/c1-11-7-17-14(9-15(11)22)12(8-18(27)29-17)10-30-21-24-23-20-25(2)19(28)13-5-3-4-6-16(13)26(20)21/h3-9H,10H2,1-2H3. The van der Waals surface area contributed by atoms with Gasteiger partial charge in [-0.1, -0.05) is 35.5 Å². The Kier molecular flexibility index (Phi) is 4.41. The molecule has 3 aromatic heterocycles. The van der Waals surface area contributed by atoms with E-state index in [0.29, 0.717) is 32.7 Å². The van der Waals surface area contributed by atoms with E-state index in [1.165, 1.54) is 22.4 Å². The lowest BCUT2D eigenvalue weighted by Gasteiger charge is -2.09. The fourth-order valence-electron chi connectivity index (χ4n) is 3.51. The van der Waals surface area contributed by atoms with Gasteiger partial charge in [-0.2, -0.15) is 0 Å². The second-order valence-electron chi connectivity index (χ2n) is 6.98. The number of halogens is 1. The van der Waals surface area contributed by atoms with Crippen molar-refractivity contribution < 1.29 is 4.42 Å². The van der Waals surface area contributed by atoms with Crippen LogP contribution in [0.4, 0.5) is 0 Å². The molecule has 150 valence electrons. The molecule has 0 saturated heterocycles. The summed E-state index contributed by atoms with van der Waals surface area (Å²) >= 11 is 7.71. The molecule has 0 aliphatic heterocycles. The van der Waals surface area contributed by atoms with Crippen LogP contribution in [0.15, 0.2) is 61.6 Å². The van der Waals surface area contributed by atoms with Gasteiger partial charge in [0.15, 0.2) is 5.16 Å². The minimum absolute atomic E-state index is 0.126. The molecule has 0 saturated carbocycles. The van der Waals surface area contributed by atoms with Crippen molar-refractivity contribution in [1.82, 2.24) is 19.2 Å². The minimum atomic E-state index is -0.418. The lowest BCUT2D eigenvalue weighted by Crippen LogP contribution is -2.20. The summed E-state index contributed by atoms with van der Waals surface area (Å²) in [5, 5.41) is 11.1. The Labute approximate surface area is 178 Å². The third-order valence-corrected chi connectivity index (χ3v) is 6.45. The fourth-order valence-corrected chi connectivity index (χ4v) is 4.61. The van der Waals surface area contributed by atoms with E-state index >= 15 is 0 Å². The number of aryl methyl sites for hydroxylation is 2. The Morgan fingerprint density at radius 2 is 1.90 bits per heavy atom. The zero-order valence-corrected chi connectivity index (χ0v) is 17.6. The van der Waals surface area contributed by atoms with Crippen molar-refractivity contribution in [1.29, 1.82) is 0 Å². The molecule has 0 unspecified atom stereocenters. The number of hydrogen-bond donors (Lipinski definition) is 0. The van der Waals surface area contributed by atoms with Crippen LogP contribution in [0.2, 0.25) is 5.02 Å². The zero-order chi connectivity index (χ0) is 21.0. The zero-order valence-electron chi connectivity index (χ0n) is 16.0. The number of rotatable bonds is 3. The van der Waals surface area contributed by atoms with Gasteiger partial charge in [0.2, 0.25) is 5.78 Å². The van der Waals surface area contributed by atoms with Crippen molar-refractivity contribution in [2.45, 2.75) is 17.8 Å². The highest BCUT2D eigenvalue weighted by atomic mass is 35.5. The predicted octanol–water partition coefficient (Wildman–Crippen LogP) is 3.94. The first-order chi connectivity index (χ1) is 14.4. The van der Waals surface area contributed by atoms with Crippen LogP contribution in [0.1, 0.15) is 11.1 Å². The summed E-state index contributed by atoms with van der Waals surface area (Å²) in [5.74, 6) is 0.914. The molecule has 5 aromatic rings. The summed E-state index contributed by atoms with van der Waals surface area (Å²) in [7, 11) is 1.67. The Morgan fingerprint density at radius 3 is 2.73 bits per heavy atom. The molecule has 0 aliphatic carbocycles. The SMILES string of the molecule is Cc1cc2oc(=O)cc(CSc3nnc4n(C)c(=O)c5ccccc5n34)c2cc1Cl. The van der Waals surface area contributed by atoms with Crippen molar-refractivity contribution in [3.63, 3.8) is 0 Å². The van der Waals surface area contributed by atoms with E-state index in [4.69, 9.17) is 16.0 Å². The van der Waals surface area contributed by atoms with E-state index in [1.807, 2.05) is 35.6 Å². The first-order valence-electron chi connectivity index (χ1n) is 9.12. The largest absolute Gasteiger partial charge is 0.423 e. The molecule has 30 heavy (non-hydrogen) atoms. The van der Waals surface area contributed by atoms with Gasteiger partial charge in [-0.25, -0.2) is 4.79 Å². The molecule has 0 fully saturated rings. The van der Waals surface area contributed by atoms with Gasteiger partial charge in [0.1, 0.15) is 5.58 Å². The predicted molar refractivity (Wildman–Crippen MR) is 118 cm³/mol. The van der Waals surface area contributed by atoms with E-state index in [9.17, 15) is 9.59 Å². The normalized spacial score (nSPS) is 11.7. The molecule has 0 amide bonds. The quantitative estimate of drug-likeness (QED) is 0.313. The van der Waals surface area contributed by atoms with Crippen LogP contribution >= 0.6 is 23.4 Å². The maximum Gasteiger partial charge on any atom is 0.336 e. The van der Waals surface area contributed by atoms with Crippen LogP contribution in [0.25, 0.3) is 27.6 Å². The van der Waals surface area contributed by atoms with Crippen LogP contribution in [-0.4, -0.2) is 19.2 Å². The molecule has 9 heteroatoms. The first kappa shape index (κ1) is 18.9. The third kappa shape index (κ3) is 2.91. The first-order valence-corrected chi connectivity index (χ1v) is 10.5. The van der Waals surface area contributed by atoms with Gasteiger partial charge in [0.05, 0.1) is 10.9 Å². The fraction of sp³-hybridized carbons (Fsp3) is 0.143. The molecule has 3 heterocycles. The second-order valence-corrected chi connectivity index (χ2v) is 8.33. The van der Waals surface area contributed by atoms with Gasteiger partial charge in [0.25, 0.3) is 5.56 Å². The van der Waals surface area contributed by atoms with Gasteiger partial charge < -0.3 is 4.42 Å². The summed E-state index contributed by atoms with van der Waals surface area (Å²) < 4.78 is 8.67. The molecule has 2 aromatic carbocycles. The summed E-state index contributed by atoms with van der Waals surface area (Å²) in [4.78, 5) is 24.6. The third-order valence-electron chi connectivity index (χ3n) is 5.06. The number of fused-ring (bicyclic) bond motifs is 4. The molecule has 5 rings (SSSR count). The summed E-state index contributed by atoms with van der Waals surface area (Å²) in [5.41, 5.74) is 2.32. The molecular formula is C21H15ClN4O3S. The number of aromatic nitrogens is 4. The number of nitrogens with zero attached hydrogens (tertiary/aromatic N) is 4. The molecule has 0 bridgehead atoms. The molecule has 0 N–H and O–H groups in total. The van der Waals surface area contributed by atoms with Crippen LogP contribution in [0.5, 0.6) is 0 Å². The molecule has 0 radical (unpaired) electrons. The van der Waals surface area contributed by atoms with Gasteiger partial charge >= 0.3 is 5.63 Å². The van der Waals surface area contributed by atoms with Crippen LogP contribution < -0.4 is 11.2 Å². The number of thioether (sulfide) groups is 1. The van der Waals surface area contributed by atoms with Gasteiger partial charge in [0, 0.05) is 29.3 Å².